The number of anilines is 1. The van der Waals surface area contributed by atoms with Crippen LogP contribution in [0.4, 0.5) is 5.69 Å². The molecule has 1 aliphatic rings. The second-order valence-electron chi connectivity index (χ2n) is 4.33. The topological polar surface area (TPSA) is 55.1 Å². The first-order valence-electron chi connectivity index (χ1n) is 5.77. The summed E-state index contributed by atoms with van der Waals surface area (Å²) in [6.07, 6.45) is 1.83. The van der Waals surface area contributed by atoms with Gasteiger partial charge in [-0.2, -0.15) is 0 Å². The van der Waals surface area contributed by atoms with E-state index in [1.165, 1.54) is 0 Å². The zero-order chi connectivity index (χ0) is 13.1. The van der Waals surface area contributed by atoms with E-state index >= 15 is 0 Å². The molecule has 0 saturated carbocycles. The van der Waals surface area contributed by atoms with E-state index in [1.807, 2.05) is 12.1 Å². The molecule has 1 aliphatic heterocycles. The van der Waals surface area contributed by atoms with Crippen LogP contribution in [0.25, 0.3) is 0 Å². The lowest BCUT2D eigenvalue weighted by atomic mass is 10.1. The van der Waals surface area contributed by atoms with E-state index in [0.29, 0.717) is 16.1 Å². The van der Waals surface area contributed by atoms with Crippen LogP contribution in [0.2, 0.25) is 5.02 Å². The highest BCUT2D eigenvalue weighted by molar-refractivity contribution is 7.85. The molecule has 3 N–H and O–H groups in total. The van der Waals surface area contributed by atoms with E-state index in [-0.39, 0.29) is 0 Å². The van der Waals surface area contributed by atoms with Gasteiger partial charge in [0.15, 0.2) is 0 Å². The highest BCUT2D eigenvalue weighted by Gasteiger charge is 2.18. The Bertz CT molecular complexity index is 483. The van der Waals surface area contributed by atoms with Gasteiger partial charge in [-0.3, -0.25) is 4.21 Å². The van der Waals surface area contributed by atoms with Crippen molar-refractivity contribution in [3.63, 3.8) is 0 Å². The first-order valence-corrected chi connectivity index (χ1v) is 8.04. The molecule has 0 aromatic heterocycles. The Morgan fingerprint density at radius 2 is 2.11 bits per heavy atom. The summed E-state index contributed by atoms with van der Waals surface area (Å²) in [6, 6.07) is 5.86. The van der Waals surface area contributed by atoms with Crippen molar-refractivity contribution in [3.8, 4) is 0 Å². The first-order chi connectivity index (χ1) is 8.56. The third kappa shape index (κ3) is 3.43. The molecule has 1 aromatic carbocycles. The second-order valence-corrected chi connectivity index (χ2v) is 6.87. The quantitative estimate of drug-likeness (QED) is 0.841. The fourth-order valence-corrected chi connectivity index (χ4v) is 3.60. The van der Waals surface area contributed by atoms with Gasteiger partial charge >= 0.3 is 0 Å². The number of rotatable bonds is 3. The van der Waals surface area contributed by atoms with Crippen molar-refractivity contribution in [3.05, 3.63) is 28.8 Å². The van der Waals surface area contributed by atoms with Gasteiger partial charge in [0.2, 0.25) is 0 Å². The Kier molecular flexibility index (Phi) is 4.59. The Morgan fingerprint density at radius 3 is 2.67 bits per heavy atom. The Balaban J connectivity index is 2.05. The summed E-state index contributed by atoms with van der Waals surface area (Å²) in [5, 5.41) is 4.00. The average molecular weight is 303 g/mol. The number of nitrogens with two attached hydrogens (primary N) is 1. The van der Waals surface area contributed by atoms with Crippen LogP contribution in [-0.4, -0.2) is 26.7 Å². The van der Waals surface area contributed by atoms with Crippen LogP contribution in [0.3, 0.4) is 0 Å². The molecule has 0 atom stereocenters. The maximum atomic E-state index is 11.3. The number of hydrogen-bond donors (Lipinski definition) is 2. The standard InChI is InChI=1S/C12H15ClN2OS2/c13-10-7-8(12(14)17)1-2-11(10)15-9-3-5-18(16)6-4-9/h1-2,7,9,15H,3-6H2,(H2,14,17). The first kappa shape index (κ1) is 13.8. The van der Waals surface area contributed by atoms with Gasteiger partial charge < -0.3 is 11.1 Å². The summed E-state index contributed by atoms with van der Waals surface area (Å²) < 4.78 is 11.3. The molecule has 1 fully saturated rings. The van der Waals surface area contributed by atoms with E-state index in [4.69, 9.17) is 29.6 Å². The van der Waals surface area contributed by atoms with E-state index in [0.717, 1.165) is 35.6 Å². The maximum absolute atomic E-state index is 11.3. The van der Waals surface area contributed by atoms with Gasteiger partial charge in [-0.05, 0) is 31.0 Å². The van der Waals surface area contributed by atoms with Crippen LogP contribution in [-0.2, 0) is 10.8 Å². The summed E-state index contributed by atoms with van der Waals surface area (Å²) in [4.78, 5) is 0.344. The Labute approximate surface area is 120 Å². The van der Waals surface area contributed by atoms with Crippen molar-refractivity contribution in [2.45, 2.75) is 18.9 Å². The van der Waals surface area contributed by atoms with Crippen LogP contribution in [0.5, 0.6) is 0 Å². The van der Waals surface area contributed by atoms with Gasteiger partial charge in [-0.1, -0.05) is 23.8 Å². The number of thiocarbonyl (C=S) groups is 1. The van der Waals surface area contributed by atoms with Crippen molar-refractivity contribution in [1.82, 2.24) is 0 Å². The normalized spacial score (nSPS) is 23.6. The van der Waals surface area contributed by atoms with Crippen molar-refractivity contribution in [1.29, 1.82) is 0 Å². The van der Waals surface area contributed by atoms with E-state index in [9.17, 15) is 4.21 Å². The Morgan fingerprint density at radius 1 is 1.44 bits per heavy atom. The summed E-state index contributed by atoms with van der Waals surface area (Å²) in [5.41, 5.74) is 7.20. The predicted molar refractivity (Wildman–Crippen MR) is 81.9 cm³/mol. The minimum Gasteiger partial charge on any atom is -0.389 e. The minimum atomic E-state index is -0.641. The number of nitrogens with one attached hydrogen (secondary N) is 1. The fourth-order valence-electron chi connectivity index (χ4n) is 1.94. The largest absolute Gasteiger partial charge is 0.389 e. The molecule has 0 bridgehead atoms. The molecule has 0 unspecified atom stereocenters. The molecule has 0 amide bonds. The molecule has 1 heterocycles. The predicted octanol–water partition coefficient (Wildman–Crippen LogP) is 2.30. The molecule has 1 aromatic rings. The van der Waals surface area contributed by atoms with Crippen LogP contribution in [0.15, 0.2) is 18.2 Å². The smallest absolute Gasteiger partial charge is 0.104 e. The highest BCUT2D eigenvalue weighted by Crippen LogP contribution is 2.25. The van der Waals surface area contributed by atoms with Gasteiger partial charge in [-0.25, -0.2) is 0 Å². The molecule has 18 heavy (non-hydrogen) atoms. The monoisotopic (exact) mass is 302 g/mol. The number of halogens is 1. The van der Waals surface area contributed by atoms with Gasteiger partial charge in [0.25, 0.3) is 0 Å². The molecular formula is C12H15ClN2OS2. The van der Waals surface area contributed by atoms with Crippen molar-refractivity contribution < 1.29 is 4.21 Å². The van der Waals surface area contributed by atoms with Gasteiger partial charge in [0, 0.05) is 33.9 Å². The summed E-state index contributed by atoms with van der Waals surface area (Å²) in [6.45, 7) is 0. The van der Waals surface area contributed by atoms with Crippen molar-refractivity contribution in [2.75, 3.05) is 16.8 Å². The van der Waals surface area contributed by atoms with Crippen molar-refractivity contribution >= 4 is 45.3 Å². The fraction of sp³-hybridized carbons (Fsp3) is 0.417. The third-order valence-electron chi connectivity index (χ3n) is 3.00. The lowest BCUT2D eigenvalue weighted by Crippen LogP contribution is -2.29. The summed E-state index contributed by atoms with van der Waals surface area (Å²) in [5.74, 6) is 1.53. The summed E-state index contributed by atoms with van der Waals surface area (Å²) >= 11 is 11.1. The lowest BCUT2D eigenvalue weighted by Gasteiger charge is -2.24. The molecule has 1 saturated heterocycles. The van der Waals surface area contributed by atoms with Gasteiger partial charge in [0.05, 0.1) is 10.7 Å². The van der Waals surface area contributed by atoms with Crippen LogP contribution < -0.4 is 11.1 Å². The SMILES string of the molecule is NC(=S)c1ccc(NC2CCS(=O)CC2)c(Cl)c1. The highest BCUT2D eigenvalue weighted by atomic mass is 35.5. The molecule has 0 spiro atoms. The molecule has 0 aliphatic carbocycles. The third-order valence-corrected chi connectivity index (χ3v) is 4.93. The molecule has 2 rings (SSSR count). The minimum absolute atomic E-state index is 0.343. The van der Waals surface area contributed by atoms with E-state index < -0.39 is 10.8 Å². The zero-order valence-corrected chi connectivity index (χ0v) is 12.2. The van der Waals surface area contributed by atoms with Gasteiger partial charge in [0.1, 0.15) is 4.99 Å². The van der Waals surface area contributed by atoms with E-state index in [2.05, 4.69) is 5.32 Å². The molecule has 6 heteroatoms. The van der Waals surface area contributed by atoms with Crippen molar-refractivity contribution in [2.24, 2.45) is 5.73 Å². The van der Waals surface area contributed by atoms with Gasteiger partial charge in [-0.15, -0.1) is 0 Å². The molecule has 98 valence electrons. The molecule has 3 nitrogen and oxygen atoms in total. The number of hydrogen-bond acceptors (Lipinski definition) is 3. The maximum Gasteiger partial charge on any atom is 0.104 e. The second kappa shape index (κ2) is 5.99. The van der Waals surface area contributed by atoms with E-state index in [1.54, 1.807) is 6.07 Å². The van der Waals surface area contributed by atoms with Crippen LogP contribution in [0, 0.1) is 0 Å². The lowest BCUT2D eigenvalue weighted by molar-refractivity contribution is 0.624. The Hall–Kier alpha value is -0.650. The summed E-state index contributed by atoms with van der Waals surface area (Å²) in [7, 11) is -0.641. The zero-order valence-electron chi connectivity index (χ0n) is 9.82. The number of benzene rings is 1. The average Bonchev–Trinajstić information content (AvgIpc) is 2.34. The van der Waals surface area contributed by atoms with Crippen LogP contribution in [0.1, 0.15) is 18.4 Å². The molecule has 0 radical (unpaired) electrons. The van der Waals surface area contributed by atoms with Crippen LogP contribution >= 0.6 is 23.8 Å². The molecular weight excluding hydrogens is 288 g/mol.